The summed E-state index contributed by atoms with van der Waals surface area (Å²) in [5.41, 5.74) is 3.28. The molecule has 0 saturated heterocycles. The number of carbonyl (C=O) groups excluding carboxylic acids is 2. The van der Waals surface area contributed by atoms with Crippen molar-refractivity contribution in [2.45, 2.75) is 27.7 Å². The molecular weight excluding hydrogens is 519 g/mol. The Hall–Kier alpha value is -2.50. The lowest BCUT2D eigenvalue weighted by atomic mass is 9.93. The van der Waals surface area contributed by atoms with E-state index in [9.17, 15) is 9.59 Å². The SMILES string of the molecule is CCOC(=O)c1c(C)[nH+]c(C)c(C(=O)OCC)c1-c1cc[n+](C)cc1.[O-][Cl+3]([O-])([O-])[O-].[O-][Cl+3]([O-])([O-])[O-]. The molecule has 0 unspecified atom stereocenters. The van der Waals surface area contributed by atoms with Crippen LogP contribution in [0.5, 0.6) is 0 Å². The molecule has 0 aliphatic heterocycles. The molecule has 2 aromatic heterocycles. The van der Waals surface area contributed by atoms with Crippen molar-refractivity contribution in [1.82, 2.24) is 0 Å². The summed E-state index contributed by atoms with van der Waals surface area (Å²) >= 11 is 0. The lowest BCUT2D eigenvalue weighted by Gasteiger charge is -2.17. The lowest BCUT2D eigenvalue weighted by molar-refractivity contribution is -2.00. The summed E-state index contributed by atoms with van der Waals surface area (Å²) in [6.45, 7) is 7.59. The van der Waals surface area contributed by atoms with Gasteiger partial charge in [0.15, 0.2) is 23.8 Å². The van der Waals surface area contributed by atoms with E-state index < -0.39 is 32.4 Å². The predicted molar refractivity (Wildman–Crippen MR) is 91.0 cm³/mol. The lowest BCUT2D eigenvalue weighted by Crippen LogP contribution is -2.68. The van der Waals surface area contributed by atoms with E-state index >= 15 is 0 Å². The largest absolute Gasteiger partial charge is 0.462 e. The maximum absolute atomic E-state index is 12.6. The third-order valence-corrected chi connectivity index (χ3v) is 3.85. The smallest absolute Gasteiger partial charge is 0.345 e. The summed E-state index contributed by atoms with van der Waals surface area (Å²) in [7, 11) is -7.99. The number of aryl methyl sites for hydroxylation is 3. The third kappa shape index (κ3) is 13.2. The number of aromatic amines is 1. The maximum Gasteiger partial charge on any atom is 0.345 e. The van der Waals surface area contributed by atoms with E-state index in [1.54, 1.807) is 27.7 Å². The Morgan fingerprint density at radius 3 is 1.40 bits per heavy atom. The molecule has 1 N–H and O–H groups in total. The zero-order chi connectivity index (χ0) is 27.6. The number of hydrogen-bond acceptors (Lipinski definition) is 12. The average molecular weight is 543 g/mol. The summed E-state index contributed by atoms with van der Waals surface area (Å²) in [6, 6.07) is 3.72. The molecule has 0 aliphatic carbocycles. The number of nitrogens with zero attached hydrogens (tertiary/aromatic N) is 1. The molecule has 0 bridgehead atoms. The van der Waals surface area contributed by atoms with E-state index in [0.717, 1.165) is 5.56 Å². The number of hydrogen-bond donors (Lipinski definition) is 0. The summed E-state index contributed by atoms with van der Waals surface area (Å²) in [5, 5.41) is 0. The standard InChI is InChI=1S/C19H23N2O4.2ClHO4/c1-6-24-18(22)15-12(3)20-13(4)16(19(23)25-7-2)17(15)14-8-10-21(5)11-9-14;2*2-1(3,4)5/h8-11H,6-7H2,1-5H3;2*(H,2,3,4,5)/q+1;;/p-1. The number of rotatable bonds is 5. The van der Waals surface area contributed by atoms with Crippen LogP contribution >= 0.6 is 0 Å². The molecule has 0 aliphatic rings. The maximum atomic E-state index is 12.6. The molecule has 0 amide bonds. The van der Waals surface area contributed by atoms with Crippen molar-refractivity contribution >= 4 is 11.9 Å². The number of nitrogens with one attached hydrogen (secondary N) is 1. The van der Waals surface area contributed by atoms with Gasteiger partial charge in [0.2, 0.25) is 0 Å². The highest BCUT2D eigenvalue weighted by Gasteiger charge is 2.31. The second-order valence-electron chi connectivity index (χ2n) is 6.45. The zero-order valence-corrected chi connectivity index (χ0v) is 20.8. The monoisotopic (exact) mass is 542 g/mol. The van der Waals surface area contributed by atoms with Gasteiger partial charge in [-0.3, -0.25) is 0 Å². The quantitative estimate of drug-likeness (QED) is 0.252. The van der Waals surface area contributed by atoms with Gasteiger partial charge in [0.1, 0.15) is 18.2 Å². The van der Waals surface area contributed by atoms with E-state index in [2.05, 4.69) is 4.98 Å². The summed E-state index contributed by atoms with van der Waals surface area (Å²) in [5.74, 6) is -0.935. The highest BCUT2D eigenvalue weighted by Crippen LogP contribution is 2.30. The van der Waals surface area contributed by atoms with Gasteiger partial charge in [-0.15, -0.1) is 20.5 Å². The Balaban J connectivity index is 0.000000975. The number of halogens is 2. The number of pyridine rings is 2. The van der Waals surface area contributed by atoms with E-state index in [4.69, 9.17) is 46.7 Å². The van der Waals surface area contributed by atoms with Gasteiger partial charge in [0.05, 0.1) is 13.2 Å². The van der Waals surface area contributed by atoms with Gasteiger partial charge in [-0.1, -0.05) is 0 Å². The molecular formula is C19H24Cl2N2O12. The number of aromatic nitrogens is 2. The molecule has 0 saturated carbocycles. The summed E-state index contributed by atoms with van der Waals surface area (Å²) in [4.78, 5) is 28.2. The van der Waals surface area contributed by atoms with Crippen molar-refractivity contribution in [1.29, 1.82) is 0 Å². The Morgan fingerprint density at radius 2 is 1.11 bits per heavy atom. The van der Waals surface area contributed by atoms with E-state index in [1.165, 1.54) is 0 Å². The number of esters is 2. The second kappa shape index (κ2) is 14.2. The fourth-order valence-corrected chi connectivity index (χ4v) is 2.78. The first-order chi connectivity index (χ1) is 15.9. The van der Waals surface area contributed by atoms with Crippen LogP contribution in [0.2, 0.25) is 0 Å². The van der Waals surface area contributed by atoms with Gasteiger partial charge >= 0.3 is 11.9 Å². The average Bonchev–Trinajstić information content (AvgIpc) is 2.65. The van der Waals surface area contributed by atoms with Crippen LogP contribution in [0.25, 0.3) is 11.1 Å². The topological polar surface area (TPSA) is 255 Å². The number of H-pyrrole nitrogens is 1. The van der Waals surface area contributed by atoms with Crippen molar-refractivity contribution < 1.29 is 86.4 Å². The molecule has 196 valence electrons. The normalized spacial score (nSPS) is 10.9. The molecule has 0 aromatic carbocycles. The van der Waals surface area contributed by atoms with Crippen LogP contribution in [0.4, 0.5) is 0 Å². The van der Waals surface area contributed by atoms with Crippen LogP contribution in [0.3, 0.4) is 0 Å². The number of ether oxygens (including phenoxy) is 2. The molecule has 0 radical (unpaired) electrons. The Bertz CT molecular complexity index is 923. The number of carbonyl (C=O) groups is 2. The first-order valence-electron chi connectivity index (χ1n) is 9.50. The van der Waals surface area contributed by atoms with Crippen molar-refractivity contribution in [3.63, 3.8) is 0 Å². The van der Waals surface area contributed by atoms with Crippen molar-refractivity contribution in [2.24, 2.45) is 7.05 Å². The van der Waals surface area contributed by atoms with Crippen LogP contribution in [-0.2, 0) is 16.5 Å². The molecule has 2 rings (SSSR count). The van der Waals surface area contributed by atoms with E-state index in [1.807, 2.05) is 36.1 Å². The molecule has 14 nitrogen and oxygen atoms in total. The van der Waals surface area contributed by atoms with Gasteiger partial charge in [-0.2, -0.15) is 0 Å². The second-order valence-corrected chi connectivity index (χ2v) is 7.96. The van der Waals surface area contributed by atoms with Gasteiger partial charge in [0.25, 0.3) is 0 Å². The Labute approximate surface area is 204 Å². The van der Waals surface area contributed by atoms with Crippen molar-refractivity contribution in [3.8, 4) is 11.1 Å². The molecule has 16 heteroatoms. The first kappa shape index (κ1) is 32.5. The fourth-order valence-electron chi connectivity index (χ4n) is 2.78. The van der Waals surface area contributed by atoms with Crippen LogP contribution in [0.15, 0.2) is 24.5 Å². The molecule has 35 heavy (non-hydrogen) atoms. The van der Waals surface area contributed by atoms with Gasteiger partial charge in [0, 0.05) is 31.5 Å². The van der Waals surface area contributed by atoms with E-state index in [-0.39, 0.29) is 13.2 Å². The molecule has 2 heterocycles. The zero-order valence-electron chi connectivity index (χ0n) is 19.3. The minimum Gasteiger partial charge on any atom is -0.462 e. The minimum atomic E-state index is -4.94. The van der Waals surface area contributed by atoms with Crippen molar-refractivity contribution in [3.05, 3.63) is 47.0 Å². The van der Waals surface area contributed by atoms with Crippen molar-refractivity contribution in [2.75, 3.05) is 13.2 Å². The van der Waals surface area contributed by atoms with Gasteiger partial charge < -0.3 is 9.47 Å². The Kier molecular flexibility index (Phi) is 13.1. The molecule has 0 atom stereocenters. The van der Waals surface area contributed by atoms with Crippen LogP contribution in [0.1, 0.15) is 46.0 Å². The van der Waals surface area contributed by atoms with E-state index in [0.29, 0.717) is 28.1 Å². The fraction of sp³-hybridized carbons (Fsp3) is 0.368. The van der Waals surface area contributed by atoms with Gasteiger partial charge in [-0.25, -0.2) is 56.4 Å². The van der Waals surface area contributed by atoms with Crippen LogP contribution < -0.4 is 46.8 Å². The molecule has 0 fully saturated rings. The van der Waals surface area contributed by atoms with Crippen LogP contribution in [0, 0.1) is 34.3 Å². The summed E-state index contributed by atoms with van der Waals surface area (Å²) < 4.78 is 80.3. The van der Waals surface area contributed by atoms with Gasteiger partial charge in [-0.05, 0) is 19.4 Å². The third-order valence-electron chi connectivity index (χ3n) is 3.85. The highest BCUT2D eigenvalue weighted by atomic mass is 35.7. The summed E-state index contributed by atoms with van der Waals surface area (Å²) in [6.07, 6.45) is 3.72. The highest BCUT2D eigenvalue weighted by molar-refractivity contribution is 6.06. The molecule has 2 aromatic rings. The Morgan fingerprint density at radius 1 is 0.800 bits per heavy atom. The van der Waals surface area contributed by atoms with Crippen LogP contribution in [-0.4, -0.2) is 25.2 Å². The molecule has 0 spiro atoms. The predicted octanol–water partition coefficient (Wildman–Crippen LogP) is -7.55. The minimum absolute atomic E-state index is 0.254. The first-order valence-corrected chi connectivity index (χ1v) is 12.0.